The molecule has 0 radical (unpaired) electrons. The zero-order valence-corrected chi connectivity index (χ0v) is 18.3. The summed E-state index contributed by atoms with van der Waals surface area (Å²) in [5.74, 6) is -3.19. The van der Waals surface area contributed by atoms with Crippen LogP contribution in [0, 0.1) is 11.8 Å². The van der Waals surface area contributed by atoms with Crippen LogP contribution in [0.2, 0.25) is 0 Å². The standard InChI is InChI=1S/C21H23BrN4O5/c22-10-3-4-13-12(8-10)21(20(30)24-13)17-16(14(25-21)5-6-15(23)27)18(28)26(19(17)29)9-11-2-1-7-31-11/h3-4,8,11,14,16-17,25H,1-2,5-7,9H2,(H2,23,27)(H,24,30)/t11-,14+,16+,17-,21-/m1/s1. The number of hydrogen-bond donors (Lipinski definition) is 3. The van der Waals surface area contributed by atoms with E-state index in [9.17, 15) is 19.2 Å². The van der Waals surface area contributed by atoms with Crippen LogP contribution in [0.5, 0.6) is 0 Å². The van der Waals surface area contributed by atoms with E-state index in [0.717, 1.165) is 17.3 Å². The maximum atomic E-state index is 13.6. The molecule has 0 bridgehead atoms. The monoisotopic (exact) mass is 490 g/mol. The first kappa shape index (κ1) is 20.6. The molecule has 3 fully saturated rings. The second kappa shape index (κ2) is 7.39. The van der Waals surface area contributed by atoms with Gasteiger partial charge in [-0.3, -0.25) is 29.4 Å². The summed E-state index contributed by atoms with van der Waals surface area (Å²) in [6.07, 6.45) is 1.82. The molecule has 0 saturated carbocycles. The van der Waals surface area contributed by atoms with Crippen molar-refractivity contribution >= 4 is 45.2 Å². The van der Waals surface area contributed by atoms with Crippen LogP contribution in [0.15, 0.2) is 22.7 Å². The van der Waals surface area contributed by atoms with Crippen LogP contribution >= 0.6 is 15.9 Å². The van der Waals surface area contributed by atoms with Gasteiger partial charge in [-0.2, -0.15) is 0 Å². The summed E-state index contributed by atoms with van der Waals surface area (Å²) in [4.78, 5) is 53.0. The number of fused-ring (bicyclic) bond motifs is 4. The minimum atomic E-state index is -1.37. The van der Waals surface area contributed by atoms with Crippen molar-refractivity contribution in [3.8, 4) is 0 Å². The number of hydrogen-bond acceptors (Lipinski definition) is 6. The SMILES string of the molecule is NC(=O)CC[C@@H]1N[C@@]2(C(=O)Nc3ccc(Br)cc32)[C@H]2C(=O)N(C[C@H]3CCCO3)C(=O)[C@@H]12. The first-order chi connectivity index (χ1) is 14.8. The molecule has 0 aliphatic carbocycles. The number of rotatable bonds is 5. The van der Waals surface area contributed by atoms with Gasteiger partial charge in [0.2, 0.25) is 23.6 Å². The average Bonchev–Trinajstić information content (AvgIpc) is 3.46. The van der Waals surface area contributed by atoms with Crippen molar-refractivity contribution in [1.82, 2.24) is 10.2 Å². The van der Waals surface area contributed by atoms with E-state index in [2.05, 4.69) is 26.6 Å². The summed E-state index contributed by atoms with van der Waals surface area (Å²) >= 11 is 3.44. The normalized spacial score (nSPS) is 33.8. The number of nitrogens with two attached hydrogens (primary N) is 1. The fourth-order valence-corrected chi connectivity index (χ4v) is 5.91. The quantitative estimate of drug-likeness (QED) is 0.518. The molecule has 5 atom stereocenters. The number of halogens is 1. The molecule has 4 aliphatic heterocycles. The molecular formula is C21H23BrN4O5. The molecule has 3 saturated heterocycles. The van der Waals surface area contributed by atoms with Crippen molar-refractivity contribution in [3.05, 3.63) is 28.2 Å². The van der Waals surface area contributed by atoms with Crippen LogP contribution in [-0.2, 0) is 29.5 Å². The van der Waals surface area contributed by atoms with Gasteiger partial charge in [-0.05, 0) is 37.5 Å². The predicted molar refractivity (Wildman–Crippen MR) is 112 cm³/mol. The molecule has 31 heavy (non-hydrogen) atoms. The molecule has 4 N–H and O–H groups in total. The van der Waals surface area contributed by atoms with Gasteiger partial charge in [0, 0.05) is 34.8 Å². The smallest absolute Gasteiger partial charge is 0.250 e. The van der Waals surface area contributed by atoms with Gasteiger partial charge in [0.25, 0.3) is 0 Å². The van der Waals surface area contributed by atoms with Crippen molar-refractivity contribution in [3.63, 3.8) is 0 Å². The van der Waals surface area contributed by atoms with Crippen molar-refractivity contribution < 1.29 is 23.9 Å². The average molecular weight is 491 g/mol. The van der Waals surface area contributed by atoms with Crippen molar-refractivity contribution in [1.29, 1.82) is 0 Å². The summed E-state index contributed by atoms with van der Waals surface area (Å²) in [5, 5.41) is 6.15. The lowest BCUT2D eigenvalue weighted by Gasteiger charge is -2.30. The summed E-state index contributed by atoms with van der Waals surface area (Å²) in [7, 11) is 0. The number of benzene rings is 1. The lowest BCUT2D eigenvalue weighted by Crippen LogP contribution is -2.53. The summed E-state index contributed by atoms with van der Waals surface area (Å²) < 4.78 is 6.40. The van der Waals surface area contributed by atoms with E-state index < -0.39 is 29.3 Å². The van der Waals surface area contributed by atoms with Gasteiger partial charge in [-0.25, -0.2) is 0 Å². The maximum absolute atomic E-state index is 13.6. The van der Waals surface area contributed by atoms with E-state index in [-0.39, 0.29) is 43.2 Å². The number of anilines is 1. The van der Waals surface area contributed by atoms with Gasteiger partial charge < -0.3 is 15.8 Å². The van der Waals surface area contributed by atoms with Crippen molar-refractivity contribution in [2.45, 2.75) is 43.4 Å². The molecule has 164 valence electrons. The highest BCUT2D eigenvalue weighted by molar-refractivity contribution is 9.10. The molecule has 4 heterocycles. The van der Waals surface area contributed by atoms with Gasteiger partial charge in [-0.1, -0.05) is 15.9 Å². The van der Waals surface area contributed by atoms with Crippen LogP contribution < -0.4 is 16.4 Å². The third kappa shape index (κ3) is 3.03. The number of likely N-dealkylation sites (tertiary alicyclic amines) is 1. The Labute approximate surface area is 187 Å². The van der Waals surface area contributed by atoms with Gasteiger partial charge in [0.15, 0.2) is 0 Å². The molecule has 1 spiro atoms. The number of amides is 4. The van der Waals surface area contributed by atoms with Crippen LogP contribution in [0.3, 0.4) is 0 Å². The fourth-order valence-electron chi connectivity index (χ4n) is 5.55. The van der Waals surface area contributed by atoms with Crippen LogP contribution in [0.4, 0.5) is 5.69 Å². The zero-order chi connectivity index (χ0) is 21.9. The third-order valence-electron chi connectivity index (χ3n) is 6.88. The third-order valence-corrected chi connectivity index (χ3v) is 7.37. The molecule has 10 heteroatoms. The van der Waals surface area contributed by atoms with E-state index in [4.69, 9.17) is 10.5 Å². The lowest BCUT2D eigenvalue weighted by molar-refractivity contribution is -0.144. The Morgan fingerprint density at radius 1 is 1.29 bits per heavy atom. The Hall–Kier alpha value is -2.30. The second-order valence-electron chi connectivity index (χ2n) is 8.63. The highest BCUT2D eigenvalue weighted by atomic mass is 79.9. The molecule has 1 aromatic rings. The van der Waals surface area contributed by atoms with Crippen LogP contribution in [0.1, 0.15) is 31.2 Å². The largest absolute Gasteiger partial charge is 0.376 e. The second-order valence-corrected chi connectivity index (χ2v) is 9.55. The summed E-state index contributed by atoms with van der Waals surface area (Å²) in [6, 6.07) is 4.85. The zero-order valence-electron chi connectivity index (χ0n) is 16.7. The summed E-state index contributed by atoms with van der Waals surface area (Å²) in [6.45, 7) is 0.806. The Bertz CT molecular complexity index is 994. The van der Waals surface area contributed by atoms with Crippen LogP contribution in [-0.4, -0.2) is 53.8 Å². The van der Waals surface area contributed by atoms with Crippen LogP contribution in [0.25, 0.3) is 0 Å². The molecule has 0 aromatic heterocycles. The molecule has 4 aliphatic rings. The first-order valence-electron chi connectivity index (χ1n) is 10.5. The van der Waals surface area contributed by atoms with E-state index in [0.29, 0.717) is 17.9 Å². The minimum Gasteiger partial charge on any atom is -0.376 e. The molecule has 1 aromatic carbocycles. The topological polar surface area (TPSA) is 131 Å². The van der Waals surface area contributed by atoms with Gasteiger partial charge in [0.1, 0.15) is 5.54 Å². The Morgan fingerprint density at radius 3 is 2.81 bits per heavy atom. The molecule has 0 unspecified atom stereocenters. The number of ether oxygens (including phenoxy) is 1. The first-order valence-corrected chi connectivity index (χ1v) is 11.3. The maximum Gasteiger partial charge on any atom is 0.250 e. The van der Waals surface area contributed by atoms with E-state index in [1.54, 1.807) is 18.2 Å². The highest BCUT2D eigenvalue weighted by Crippen LogP contribution is 2.54. The number of carbonyl (C=O) groups is 4. The van der Waals surface area contributed by atoms with E-state index >= 15 is 0 Å². The lowest BCUT2D eigenvalue weighted by atomic mass is 9.76. The summed E-state index contributed by atoms with van der Waals surface area (Å²) in [5.41, 5.74) is 5.21. The number of nitrogens with zero attached hydrogens (tertiary/aromatic N) is 1. The van der Waals surface area contributed by atoms with Crippen molar-refractivity contribution in [2.24, 2.45) is 17.6 Å². The Kier molecular flexibility index (Phi) is 4.91. The van der Waals surface area contributed by atoms with E-state index in [1.165, 1.54) is 4.90 Å². The predicted octanol–water partition coefficient (Wildman–Crippen LogP) is 0.614. The van der Waals surface area contributed by atoms with Gasteiger partial charge >= 0.3 is 0 Å². The fraction of sp³-hybridized carbons (Fsp3) is 0.524. The molecule has 9 nitrogen and oxygen atoms in total. The van der Waals surface area contributed by atoms with Gasteiger partial charge in [-0.15, -0.1) is 0 Å². The number of carbonyl (C=O) groups excluding carboxylic acids is 4. The number of nitrogens with one attached hydrogen (secondary N) is 2. The molecule has 5 rings (SSSR count). The number of primary amides is 1. The highest BCUT2D eigenvalue weighted by Gasteiger charge is 2.70. The van der Waals surface area contributed by atoms with Crippen molar-refractivity contribution in [2.75, 3.05) is 18.5 Å². The van der Waals surface area contributed by atoms with E-state index in [1.807, 2.05) is 0 Å². The molecule has 4 amide bonds. The minimum absolute atomic E-state index is 0.0527. The Balaban J connectivity index is 1.57. The Morgan fingerprint density at radius 2 is 2.10 bits per heavy atom. The van der Waals surface area contributed by atoms with Gasteiger partial charge in [0.05, 0.1) is 24.5 Å². The molecular weight excluding hydrogens is 468 g/mol. The number of imide groups is 1.